The van der Waals surface area contributed by atoms with Crippen molar-refractivity contribution in [3.05, 3.63) is 86.7 Å². The van der Waals surface area contributed by atoms with Gasteiger partial charge in [-0.3, -0.25) is 4.79 Å². The fourth-order valence-electron chi connectivity index (χ4n) is 4.04. The molecule has 8 heteroatoms. The highest BCUT2D eigenvalue weighted by Gasteiger charge is 2.42. The first-order valence-corrected chi connectivity index (χ1v) is 10.9. The van der Waals surface area contributed by atoms with E-state index in [-0.39, 0.29) is 29.7 Å². The second kappa shape index (κ2) is 9.16. The van der Waals surface area contributed by atoms with Gasteiger partial charge in [0.15, 0.2) is 5.78 Å². The Morgan fingerprint density at radius 3 is 2.81 bits per heavy atom. The summed E-state index contributed by atoms with van der Waals surface area (Å²) in [6.07, 6.45) is 1.54. The summed E-state index contributed by atoms with van der Waals surface area (Å²) in [6, 6.07) is 11.4. The molecule has 2 N–H and O–H groups in total. The van der Waals surface area contributed by atoms with Crippen LogP contribution in [0.5, 0.6) is 5.75 Å². The second-order valence-electron chi connectivity index (χ2n) is 7.52. The van der Waals surface area contributed by atoms with Crippen molar-refractivity contribution in [2.75, 3.05) is 7.11 Å². The Balaban J connectivity index is 1.81. The predicted octanol–water partition coefficient (Wildman–Crippen LogP) is 4.63. The Hall–Kier alpha value is -3.13. The van der Waals surface area contributed by atoms with Crippen molar-refractivity contribution < 1.29 is 28.2 Å². The molecule has 4 rings (SSSR count). The number of carbonyl (C=O) groups is 2. The molecule has 166 valence electrons. The van der Waals surface area contributed by atoms with E-state index in [2.05, 4.69) is 15.9 Å². The maximum absolute atomic E-state index is 13.6. The molecule has 0 aromatic heterocycles. The minimum atomic E-state index is -0.806. The zero-order chi connectivity index (χ0) is 22.8. The van der Waals surface area contributed by atoms with E-state index in [0.717, 1.165) is 4.47 Å². The van der Waals surface area contributed by atoms with Crippen LogP contribution in [0.15, 0.2) is 69.7 Å². The molecule has 0 amide bonds. The van der Waals surface area contributed by atoms with E-state index >= 15 is 0 Å². The lowest BCUT2D eigenvalue weighted by molar-refractivity contribution is -0.136. The Bertz CT molecular complexity index is 1160. The molecule has 2 aliphatic rings. The van der Waals surface area contributed by atoms with Gasteiger partial charge < -0.3 is 19.9 Å². The first-order valence-electron chi connectivity index (χ1n) is 10.1. The smallest absolute Gasteiger partial charge is 0.340 e. The number of esters is 1. The van der Waals surface area contributed by atoms with E-state index in [1.165, 1.54) is 19.2 Å². The predicted molar refractivity (Wildman–Crippen MR) is 118 cm³/mol. The lowest BCUT2D eigenvalue weighted by Gasteiger charge is -2.33. The molecule has 1 atom stereocenters. The van der Waals surface area contributed by atoms with Gasteiger partial charge in [0.1, 0.15) is 29.5 Å². The van der Waals surface area contributed by atoms with Gasteiger partial charge in [-0.1, -0.05) is 28.1 Å². The number of halogens is 2. The summed E-state index contributed by atoms with van der Waals surface area (Å²) in [4.78, 5) is 25.6. The number of Topliss-reactive ketones (excluding diaryl/α,β-unsaturated/α-hetero) is 1. The van der Waals surface area contributed by atoms with Crippen LogP contribution < -0.4 is 10.5 Å². The average Bonchev–Trinajstić information content (AvgIpc) is 2.77. The quantitative estimate of drug-likeness (QED) is 0.600. The molecule has 0 radical (unpaired) electrons. The lowest BCUT2D eigenvalue weighted by atomic mass is 9.77. The third-order valence-corrected chi connectivity index (χ3v) is 5.95. The normalized spacial score (nSPS) is 18.2. The van der Waals surface area contributed by atoms with Gasteiger partial charge in [0, 0.05) is 28.5 Å². The summed E-state index contributed by atoms with van der Waals surface area (Å²) in [6.45, 7) is 0.0994. The minimum Gasteiger partial charge on any atom is -0.489 e. The molecule has 32 heavy (non-hydrogen) atoms. The number of allylic oxidation sites excluding steroid dienone is 2. The fraction of sp³-hybridized carbons (Fsp3) is 0.250. The first kappa shape index (κ1) is 22.1. The molecule has 0 saturated carbocycles. The summed E-state index contributed by atoms with van der Waals surface area (Å²) in [5.41, 5.74) is 7.76. The number of carbonyl (C=O) groups excluding carboxylic acids is 2. The summed E-state index contributed by atoms with van der Waals surface area (Å²) >= 11 is 3.46. The highest BCUT2D eigenvalue weighted by Crippen LogP contribution is 2.47. The largest absolute Gasteiger partial charge is 0.489 e. The number of rotatable bonds is 5. The van der Waals surface area contributed by atoms with Crippen LogP contribution in [0, 0.1) is 5.82 Å². The number of hydrogen-bond donors (Lipinski definition) is 1. The monoisotopic (exact) mass is 501 g/mol. The van der Waals surface area contributed by atoms with Crippen molar-refractivity contribution in [1.82, 2.24) is 0 Å². The molecule has 0 unspecified atom stereocenters. The van der Waals surface area contributed by atoms with E-state index in [1.807, 2.05) is 0 Å². The number of nitrogens with two attached hydrogens (primary N) is 1. The zero-order valence-corrected chi connectivity index (χ0v) is 18.9. The van der Waals surface area contributed by atoms with Crippen LogP contribution in [-0.4, -0.2) is 18.9 Å². The molecule has 0 spiro atoms. The molecule has 1 aliphatic heterocycles. The molecule has 6 nitrogen and oxygen atoms in total. The van der Waals surface area contributed by atoms with Gasteiger partial charge in [-0.25, -0.2) is 9.18 Å². The Labute approximate surface area is 193 Å². The molecule has 0 saturated heterocycles. The molecule has 0 bridgehead atoms. The number of benzene rings is 2. The van der Waals surface area contributed by atoms with Crippen molar-refractivity contribution in [2.45, 2.75) is 31.8 Å². The molecular weight excluding hydrogens is 481 g/mol. The van der Waals surface area contributed by atoms with Crippen molar-refractivity contribution in [3.8, 4) is 5.75 Å². The molecule has 2 aromatic rings. The fourth-order valence-corrected chi connectivity index (χ4v) is 4.42. The summed E-state index contributed by atoms with van der Waals surface area (Å²) in [7, 11) is 1.24. The van der Waals surface area contributed by atoms with Gasteiger partial charge >= 0.3 is 5.97 Å². The minimum absolute atomic E-state index is 0.0511. The molecule has 1 heterocycles. The van der Waals surface area contributed by atoms with Crippen molar-refractivity contribution in [3.63, 3.8) is 0 Å². The van der Waals surface area contributed by atoms with Crippen molar-refractivity contribution in [2.24, 2.45) is 5.73 Å². The van der Waals surface area contributed by atoms with Gasteiger partial charge in [0.25, 0.3) is 0 Å². The highest BCUT2D eigenvalue weighted by molar-refractivity contribution is 9.10. The van der Waals surface area contributed by atoms with E-state index in [4.69, 9.17) is 19.9 Å². The summed E-state index contributed by atoms with van der Waals surface area (Å²) < 4.78 is 31.0. The van der Waals surface area contributed by atoms with Gasteiger partial charge in [-0.15, -0.1) is 0 Å². The second-order valence-corrected chi connectivity index (χ2v) is 8.43. The Morgan fingerprint density at radius 1 is 1.25 bits per heavy atom. The van der Waals surface area contributed by atoms with E-state index in [9.17, 15) is 14.0 Å². The molecule has 2 aromatic carbocycles. The SMILES string of the molecule is COC(=O)C1=C(N)OC2=C(C(=O)CCC2)[C@H]1c1cc(Br)ccc1OCc1cccc(F)c1. The standard InChI is InChI=1S/C24H21BrFNO5/c1-30-24(29)22-20(21-17(28)6-3-7-19(21)32-23(22)27)16-11-14(25)8-9-18(16)31-12-13-4-2-5-15(26)10-13/h2,4-5,8-11,20H,3,6-7,12,27H2,1H3/t20-/m1/s1. The molecule has 0 fully saturated rings. The Kier molecular flexibility index (Phi) is 6.32. The van der Waals surface area contributed by atoms with E-state index < -0.39 is 11.9 Å². The zero-order valence-electron chi connectivity index (χ0n) is 17.3. The van der Waals surface area contributed by atoms with Crippen LogP contribution >= 0.6 is 15.9 Å². The number of hydrogen-bond acceptors (Lipinski definition) is 6. The summed E-state index contributed by atoms with van der Waals surface area (Å²) in [5, 5.41) is 0. The van der Waals surface area contributed by atoms with Gasteiger partial charge in [0.2, 0.25) is 5.88 Å². The third-order valence-electron chi connectivity index (χ3n) is 5.46. The summed E-state index contributed by atoms with van der Waals surface area (Å²) in [5.74, 6) is -1.16. The topological polar surface area (TPSA) is 87.9 Å². The average molecular weight is 502 g/mol. The lowest BCUT2D eigenvalue weighted by Crippen LogP contribution is -2.31. The van der Waals surface area contributed by atoms with Crippen LogP contribution in [0.3, 0.4) is 0 Å². The van der Waals surface area contributed by atoms with E-state index in [0.29, 0.717) is 47.5 Å². The van der Waals surface area contributed by atoms with Crippen molar-refractivity contribution >= 4 is 27.7 Å². The number of ether oxygens (including phenoxy) is 3. The van der Waals surface area contributed by atoms with Gasteiger partial charge in [-0.2, -0.15) is 0 Å². The molecular formula is C24H21BrFNO5. The van der Waals surface area contributed by atoms with Gasteiger partial charge in [0.05, 0.1) is 13.0 Å². The maximum atomic E-state index is 13.6. The number of ketones is 1. The first-order chi connectivity index (χ1) is 15.4. The van der Waals surface area contributed by atoms with Crippen LogP contribution in [-0.2, 0) is 25.7 Å². The van der Waals surface area contributed by atoms with Gasteiger partial charge in [-0.05, 0) is 42.3 Å². The third kappa shape index (κ3) is 4.27. The van der Waals surface area contributed by atoms with Crippen LogP contribution in [0.4, 0.5) is 4.39 Å². The van der Waals surface area contributed by atoms with Crippen LogP contribution in [0.1, 0.15) is 36.3 Å². The number of methoxy groups -OCH3 is 1. The van der Waals surface area contributed by atoms with Crippen LogP contribution in [0.2, 0.25) is 0 Å². The maximum Gasteiger partial charge on any atom is 0.340 e. The van der Waals surface area contributed by atoms with Crippen molar-refractivity contribution in [1.29, 1.82) is 0 Å². The van der Waals surface area contributed by atoms with E-state index in [1.54, 1.807) is 30.3 Å². The Morgan fingerprint density at radius 2 is 2.06 bits per heavy atom. The molecule has 1 aliphatic carbocycles. The van der Waals surface area contributed by atoms with Crippen LogP contribution in [0.25, 0.3) is 0 Å². The highest BCUT2D eigenvalue weighted by atomic mass is 79.9.